The second kappa shape index (κ2) is 8.44. The fourth-order valence-corrected chi connectivity index (χ4v) is 2.53. The molecule has 2 aromatic carbocycles. The van der Waals surface area contributed by atoms with Gasteiger partial charge in [-0.2, -0.15) is 0 Å². The SMILES string of the molecule is CCN(CCNC(=O)Nc1ccccc1Br)c1ccccc1. The molecule has 2 aromatic rings. The second-order valence-electron chi connectivity index (χ2n) is 4.78. The summed E-state index contributed by atoms with van der Waals surface area (Å²) in [5, 5.41) is 5.71. The number of hydrogen-bond acceptors (Lipinski definition) is 2. The van der Waals surface area contributed by atoms with Gasteiger partial charge in [0.05, 0.1) is 5.69 Å². The van der Waals surface area contributed by atoms with Gasteiger partial charge >= 0.3 is 6.03 Å². The van der Waals surface area contributed by atoms with E-state index >= 15 is 0 Å². The van der Waals surface area contributed by atoms with E-state index in [1.165, 1.54) is 0 Å². The van der Waals surface area contributed by atoms with Gasteiger partial charge in [-0.05, 0) is 47.1 Å². The lowest BCUT2D eigenvalue weighted by Crippen LogP contribution is -2.37. The van der Waals surface area contributed by atoms with E-state index < -0.39 is 0 Å². The zero-order valence-electron chi connectivity index (χ0n) is 12.6. The Balaban J connectivity index is 1.80. The van der Waals surface area contributed by atoms with Crippen LogP contribution in [0.4, 0.5) is 16.2 Å². The van der Waals surface area contributed by atoms with Crippen LogP contribution in [-0.2, 0) is 0 Å². The molecule has 0 aromatic heterocycles. The maximum Gasteiger partial charge on any atom is 0.319 e. The Morgan fingerprint density at radius 1 is 1.09 bits per heavy atom. The van der Waals surface area contributed by atoms with E-state index in [2.05, 4.69) is 50.5 Å². The van der Waals surface area contributed by atoms with Crippen molar-refractivity contribution in [2.24, 2.45) is 0 Å². The highest BCUT2D eigenvalue weighted by Gasteiger charge is 2.06. The van der Waals surface area contributed by atoms with Gasteiger partial charge in [-0.3, -0.25) is 0 Å². The highest BCUT2D eigenvalue weighted by Crippen LogP contribution is 2.20. The van der Waals surface area contributed by atoms with Gasteiger partial charge in [0.15, 0.2) is 0 Å². The van der Waals surface area contributed by atoms with Gasteiger partial charge in [-0.15, -0.1) is 0 Å². The van der Waals surface area contributed by atoms with Crippen LogP contribution < -0.4 is 15.5 Å². The summed E-state index contributed by atoms with van der Waals surface area (Å²) in [5.74, 6) is 0. The van der Waals surface area contributed by atoms with Gasteiger partial charge < -0.3 is 15.5 Å². The number of nitrogens with zero attached hydrogens (tertiary/aromatic N) is 1. The molecule has 22 heavy (non-hydrogen) atoms. The quantitative estimate of drug-likeness (QED) is 0.813. The number of amides is 2. The van der Waals surface area contributed by atoms with Crippen molar-refractivity contribution in [2.45, 2.75) is 6.92 Å². The van der Waals surface area contributed by atoms with Crippen molar-refractivity contribution in [3.63, 3.8) is 0 Å². The van der Waals surface area contributed by atoms with Crippen molar-refractivity contribution in [1.82, 2.24) is 5.32 Å². The van der Waals surface area contributed by atoms with Crippen LogP contribution in [0.3, 0.4) is 0 Å². The van der Waals surface area contributed by atoms with E-state index in [1.807, 2.05) is 42.5 Å². The molecule has 0 saturated carbocycles. The Bertz CT molecular complexity index is 604. The summed E-state index contributed by atoms with van der Waals surface area (Å²) in [7, 11) is 0. The highest BCUT2D eigenvalue weighted by atomic mass is 79.9. The number of anilines is 2. The Morgan fingerprint density at radius 3 is 2.45 bits per heavy atom. The number of carbonyl (C=O) groups excluding carboxylic acids is 1. The van der Waals surface area contributed by atoms with Crippen molar-refractivity contribution in [2.75, 3.05) is 29.9 Å². The van der Waals surface area contributed by atoms with E-state index in [0.29, 0.717) is 6.54 Å². The van der Waals surface area contributed by atoms with Crippen molar-refractivity contribution in [3.05, 3.63) is 59.1 Å². The average molecular weight is 362 g/mol. The fraction of sp³-hybridized carbons (Fsp3) is 0.235. The summed E-state index contributed by atoms with van der Waals surface area (Å²) in [6.45, 7) is 4.36. The zero-order valence-corrected chi connectivity index (χ0v) is 14.1. The first-order valence-electron chi connectivity index (χ1n) is 7.30. The standard InChI is InChI=1S/C17H20BrN3O/c1-2-21(14-8-4-3-5-9-14)13-12-19-17(22)20-16-11-7-6-10-15(16)18/h3-11H,2,12-13H2,1H3,(H2,19,20,22). The summed E-state index contributed by atoms with van der Waals surface area (Å²) in [5.41, 5.74) is 1.92. The van der Waals surface area contributed by atoms with Crippen LogP contribution in [0.15, 0.2) is 59.1 Å². The molecule has 2 rings (SSSR count). The second-order valence-corrected chi connectivity index (χ2v) is 5.63. The van der Waals surface area contributed by atoms with Crippen LogP contribution in [-0.4, -0.2) is 25.7 Å². The lowest BCUT2D eigenvalue weighted by Gasteiger charge is -2.23. The molecule has 0 fully saturated rings. The van der Waals surface area contributed by atoms with E-state index in [0.717, 1.165) is 28.9 Å². The maximum atomic E-state index is 11.9. The van der Waals surface area contributed by atoms with Crippen molar-refractivity contribution in [3.8, 4) is 0 Å². The van der Waals surface area contributed by atoms with E-state index in [1.54, 1.807) is 0 Å². The normalized spacial score (nSPS) is 10.1. The molecule has 0 atom stereocenters. The minimum absolute atomic E-state index is 0.198. The molecule has 0 radical (unpaired) electrons. The lowest BCUT2D eigenvalue weighted by atomic mass is 10.3. The van der Waals surface area contributed by atoms with Crippen LogP contribution in [0.25, 0.3) is 0 Å². The van der Waals surface area contributed by atoms with Gasteiger partial charge in [0.25, 0.3) is 0 Å². The molecule has 0 unspecified atom stereocenters. The summed E-state index contributed by atoms with van der Waals surface area (Å²) in [4.78, 5) is 14.1. The molecule has 116 valence electrons. The fourth-order valence-electron chi connectivity index (χ4n) is 2.14. The Morgan fingerprint density at radius 2 is 1.77 bits per heavy atom. The first-order valence-corrected chi connectivity index (χ1v) is 8.09. The lowest BCUT2D eigenvalue weighted by molar-refractivity contribution is 0.252. The molecule has 2 N–H and O–H groups in total. The Hall–Kier alpha value is -2.01. The third-order valence-electron chi connectivity index (χ3n) is 3.29. The monoisotopic (exact) mass is 361 g/mol. The summed E-state index contributed by atoms with van der Waals surface area (Å²) in [6.07, 6.45) is 0. The number of hydrogen-bond donors (Lipinski definition) is 2. The first-order chi connectivity index (χ1) is 10.7. The summed E-state index contributed by atoms with van der Waals surface area (Å²) in [6, 6.07) is 17.5. The molecule has 0 aliphatic rings. The van der Waals surface area contributed by atoms with Gasteiger partial charge in [-0.25, -0.2) is 4.79 Å². The molecule has 2 amide bonds. The molecule has 0 aliphatic heterocycles. The number of urea groups is 1. The maximum absolute atomic E-state index is 11.9. The van der Waals surface area contributed by atoms with E-state index in [-0.39, 0.29) is 6.03 Å². The van der Waals surface area contributed by atoms with E-state index in [9.17, 15) is 4.79 Å². The van der Waals surface area contributed by atoms with Gasteiger partial charge in [0.1, 0.15) is 0 Å². The molecule has 0 bridgehead atoms. The van der Waals surface area contributed by atoms with Crippen molar-refractivity contribution < 1.29 is 4.79 Å². The number of carbonyl (C=O) groups is 1. The smallest absolute Gasteiger partial charge is 0.319 e. The molecule has 0 heterocycles. The Kier molecular flexibility index (Phi) is 6.27. The largest absolute Gasteiger partial charge is 0.370 e. The topological polar surface area (TPSA) is 44.4 Å². The third-order valence-corrected chi connectivity index (χ3v) is 3.98. The van der Waals surface area contributed by atoms with Crippen LogP contribution in [0.1, 0.15) is 6.92 Å². The van der Waals surface area contributed by atoms with Gasteiger partial charge in [0.2, 0.25) is 0 Å². The molecule has 0 spiro atoms. The zero-order chi connectivity index (χ0) is 15.8. The number of para-hydroxylation sites is 2. The molecule has 0 aliphatic carbocycles. The van der Waals surface area contributed by atoms with Crippen LogP contribution >= 0.6 is 15.9 Å². The number of rotatable bonds is 6. The van der Waals surface area contributed by atoms with Gasteiger partial charge in [0, 0.05) is 29.8 Å². The van der Waals surface area contributed by atoms with Crippen LogP contribution in [0, 0.1) is 0 Å². The Labute approximate surface area is 139 Å². The molecule has 0 saturated heterocycles. The predicted octanol–water partition coefficient (Wildman–Crippen LogP) is 4.10. The number of nitrogens with one attached hydrogen (secondary N) is 2. The minimum atomic E-state index is -0.198. The first kappa shape index (κ1) is 16.4. The highest BCUT2D eigenvalue weighted by molar-refractivity contribution is 9.10. The van der Waals surface area contributed by atoms with Crippen molar-refractivity contribution in [1.29, 1.82) is 0 Å². The summed E-state index contributed by atoms with van der Waals surface area (Å²) >= 11 is 3.41. The average Bonchev–Trinajstić information content (AvgIpc) is 2.54. The number of halogens is 1. The minimum Gasteiger partial charge on any atom is -0.370 e. The van der Waals surface area contributed by atoms with Crippen LogP contribution in [0.2, 0.25) is 0 Å². The molecule has 5 heteroatoms. The molecular weight excluding hydrogens is 342 g/mol. The summed E-state index contributed by atoms with van der Waals surface area (Å²) < 4.78 is 0.865. The number of benzene rings is 2. The predicted molar refractivity (Wildman–Crippen MR) is 95.5 cm³/mol. The number of likely N-dealkylation sites (N-methyl/N-ethyl adjacent to an activating group) is 1. The molecule has 4 nitrogen and oxygen atoms in total. The van der Waals surface area contributed by atoms with Crippen LogP contribution in [0.5, 0.6) is 0 Å². The third kappa shape index (κ3) is 4.77. The van der Waals surface area contributed by atoms with E-state index in [4.69, 9.17) is 0 Å². The van der Waals surface area contributed by atoms with Gasteiger partial charge in [-0.1, -0.05) is 30.3 Å². The molecular formula is C17H20BrN3O. The van der Waals surface area contributed by atoms with Crippen molar-refractivity contribution >= 4 is 33.3 Å².